The first-order valence-electron chi connectivity index (χ1n) is 38.8. The van der Waals surface area contributed by atoms with Gasteiger partial charge in [-0.15, -0.1) is 0 Å². The lowest BCUT2D eigenvalue weighted by Gasteiger charge is -2.38. The van der Waals surface area contributed by atoms with Gasteiger partial charge in [-0.2, -0.15) is 0 Å². The second-order valence-electron chi connectivity index (χ2n) is 30.0. The summed E-state index contributed by atoms with van der Waals surface area (Å²) in [6.07, 6.45) is 1.24. The van der Waals surface area contributed by atoms with Crippen LogP contribution in [0.2, 0.25) is 51.9 Å². The number of aliphatic hydroxyl groups excluding tert-OH is 2. The van der Waals surface area contributed by atoms with E-state index in [1.807, 2.05) is 55.5 Å². The topological polar surface area (TPSA) is 329 Å². The number of phenols is 2. The molecule has 22 nitrogen and oxygen atoms in total. The van der Waals surface area contributed by atoms with Crippen LogP contribution >= 0.6 is 0 Å². The molecule has 0 amide bonds. The van der Waals surface area contributed by atoms with Crippen molar-refractivity contribution in [2.45, 2.75) is 83.8 Å². The number of ketones is 3. The molecule has 2 unspecified atom stereocenters. The van der Waals surface area contributed by atoms with E-state index < -0.39 is 71.3 Å². The molecule has 2 atom stereocenters. The van der Waals surface area contributed by atoms with Crippen LogP contribution in [0, 0.1) is 0 Å². The predicted octanol–water partition coefficient (Wildman–Crippen LogP) is 19.1. The SMILES string of the molecule is C=CCOc1ccc(C(=O)c2cc3ccccc3oc2=O)cc1.CCCOc1ccc(C(=O)c2cc3ccccc3oc2=O)cc1.C[Si](C)(C)O[Si](C)(CCCOc1ccc(C(O)c2cc3ccccc3oc2=O)cc1)O[Si](C)(C)C.O=C(c1ccc(O)cc1)c1cc2ccccc2oc1=O.O=c1oc2ccccc2cc1C(O)c1ccc(O)cc1. The third kappa shape index (κ3) is 24.1. The summed E-state index contributed by atoms with van der Waals surface area (Å²) >= 11 is 0. The van der Waals surface area contributed by atoms with Crippen LogP contribution < -0.4 is 42.3 Å². The number of hydrogen-bond donors (Lipinski definition) is 4. The van der Waals surface area contributed by atoms with Crippen molar-refractivity contribution >= 4 is 97.4 Å². The number of para-hydroxylation sites is 5. The highest BCUT2D eigenvalue weighted by Crippen LogP contribution is 2.31. The molecule has 0 radical (unpaired) electrons. The van der Waals surface area contributed by atoms with E-state index in [0.717, 1.165) is 35.0 Å². The average molecular weight is 1680 g/mol. The zero-order valence-corrected chi connectivity index (χ0v) is 70.8. The number of aliphatic hydroxyl groups is 2. The van der Waals surface area contributed by atoms with Crippen molar-refractivity contribution in [1.82, 2.24) is 0 Å². The Kier molecular flexibility index (Phi) is 29.4. The minimum absolute atomic E-state index is 0.0171. The number of rotatable bonds is 25. The smallest absolute Gasteiger partial charge is 0.347 e. The van der Waals surface area contributed by atoms with Gasteiger partial charge in [-0.3, -0.25) is 14.4 Å². The van der Waals surface area contributed by atoms with Crippen LogP contribution in [-0.2, 0) is 8.23 Å². The first-order chi connectivity index (χ1) is 57.9. The van der Waals surface area contributed by atoms with Gasteiger partial charge in [-0.05, 0) is 234 Å². The molecule has 0 aliphatic rings. The van der Waals surface area contributed by atoms with Crippen LogP contribution in [0.4, 0.5) is 0 Å². The largest absolute Gasteiger partial charge is 0.508 e. The normalized spacial score (nSPS) is 11.8. The maximum absolute atomic E-state index is 12.5. The molecule has 5 heterocycles. The van der Waals surface area contributed by atoms with Crippen LogP contribution in [0.1, 0.15) is 102 Å². The van der Waals surface area contributed by atoms with Gasteiger partial charge >= 0.3 is 36.7 Å². The second-order valence-corrected chi connectivity index (χ2v) is 42.9. The van der Waals surface area contributed by atoms with Crippen molar-refractivity contribution in [1.29, 1.82) is 0 Å². The Bertz CT molecular complexity index is 6440. The second kappa shape index (κ2) is 40.3. The number of aromatic hydroxyl groups is 2. The molecule has 0 aliphatic heterocycles. The number of hydrogen-bond acceptors (Lipinski definition) is 22. The van der Waals surface area contributed by atoms with Gasteiger partial charge in [0, 0.05) is 43.6 Å². The van der Waals surface area contributed by atoms with Crippen LogP contribution in [0.15, 0.2) is 332 Å². The van der Waals surface area contributed by atoms with Crippen molar-refractivity contribution in [3.8, 4) is 28.7 Å². The minimum atomic E-state index is -2.27. The Hall–Kier alpha value is -13.5. The fraction of sp³-hybridized carbons (Fsp3) is 0.167. The summed E-state index contributed by atoms with van der Waals surface area (Å²) in [5.41, 5.74) is 2.03. The quantitative estimate of drug-likeness (QED) is 0.0136. The molecule has 10 aromatic carbocycles. The summed E-state index contributed by atoms with van der Waals surface area (Å²) in [6, 6.07) is 76.7. The Morgan fingerprint density at radius 1 is 0.372 bits per heavy atom. The lowest BCUT2D eigenvalue weighted by Crippen LogP contribution is -2.52. The monoisotopic (exact) mass is 1680 g/mol. The van der Waals surface area contributed by atoms with Gasteiger partial charge in [-0.1, -0.05) is 135 Å². The summed E-state index contributed by atoms with van der Waals surface area (Å²) in [6.45, 7) is 22.6. The minimum Gasteiger partial charge on any atom is -0.508 e. The van der Waals surface area contributed by atoms with Crippen LogP contribution in [0.5, 0.6) is 28.7 Å². The number of carbonyl (C=O) groups excluding carboxylic acids is 3. The molecule has 0 saturated heterocycles. The van der Waals surface area contributed by atoms with E-state index in [1.54, 1.807) is 188 Å². The van der Waals surface area contributed by atoms with Gasteiger partial charge < -0.3 is 65.0 Å². The molecule has 121 heavy (non-hydrogen) atoms. The van der Waals surface area contributed by atoms with E-state index in [-0.39, 0.29) is 50.9 Å². The third-order valence-corrected chi connectivity index (χ3v) is 27.9. The number of phenolic OH excluding ortho intramolecular Hbond substituents is 2. The first kappa shape index (κ1) is 88.3. The molecular formula is C96H90O22Si3. The maximum Gasteiger partial charge on any atom is 0.347 e. The predicted molar refractivity (Wildman–Crippen MR) is 473 cm³/mol. The van der Waals surface area contributed by atoms with Gasteiger partial charge in [0.1, 0.15) is 92.2 Å². The molecule has 0 aliphatic carbocycles. The lowest BCUT2D eigenvalue weighted by molar-refractivity contribution is 0.102. The molecule has 0 spiro atoms. The Labute approximate surface area is 698 Å². The summed E-state index contributed by atoms with van der Waals surface area (Å²) in [7, 11) is -5.70. The number of ether oxygens (including phenoxy) is 3. The Balaban J connectivity index is 0.000000150. The van der Waals surface area contributed by atoms with E-state index in [4.69, 9.17) is 44.5 Å². The van der Waals surface area contributed by atoms with Crippen molar-refractivity contribution in [2.75, 3.05) is 19.8 Å². The Morgan fingerprint density at radius 2 is 0.653 bits per heavy atom. The van der Waals surface area contributed by atoms with Gasteiger partial charge in [0.05, 0.1) is 24.3 Å². The van der Waals surface area contributed by atoms with Crippen LogP contribution in [0.25, 0.3) is 54.8 Å². The zero-order valence-electron chi connectivity index (χ0n) is 67.8. The molecule has 15 aromatic rings. The van der Waals surface area contributed by atoms with Gasteiger partial charge in [-0.25, -0.2) is 24.0 Å². The summed E-state index contributed by atoms with van der Waals surface area (Å²) in [5.74, 6) is 1.06. The first-order valence-corrected chi connectivity index (χ1v) is 48.2. The maximum atomic E-state index is 12.5. The van der Waals surface area contributed by atoms with E-state index in [1.165, 1.54) is 42.5 Å². The molecule has 5 aromatic heterocycles. The molecule has 25 heteroatoms. The summed E-state index contributed by atoms with van der Waals surface area (Å²) in [4.78, 5) is 97.6. The van der Waals surface area contributed by atoms with E-state index in [2.05, 4.69) is 52.4 Å². The van der Waals surface area contributed by atoms with Crippen LogP contribution in [-0.4, -0.2) is 82.8 Å². The van der Waals surface area contributed by atoms with Crippen molar-refractivity contribution < 1.29 is 79.3 Å². The molecule has 0 bridgehead atoms. The number of carbonyl (C=O) groups is 3. The van der Waals surface area contributed by atoms with Crippen molar-refractivity contribution in [3.05, 3.63) is 393 Å². The molecule has 618 valence electrons. The highest BCUT2D eigenvalue weighted by Gasteiger charge is 2.40. The van der Waals surface area contributed by atoms with E-state index in [0.29, 0.717) is 104 Å². The van der Waals surface area contributed by atoms with Gasteiger partial charge in [0.25, 0.3) is 0 Å². The highest BCUT2D eigenvalue weighted by atomic mass is 28.5. The van der Waals surface area contributed by atoms with Crippen LogP contribution in [0.3, 0.4) is 0 Å². The zero-order chi connectivity index (χ0) is 86.5. The van der Waals surface area contributed by atoms with Crippen molar-refractivity contribution in [3.63, 3.8) is 0 Å². The summed E-state index contributed by atoms with van der Waals surface area (Å²) in [5, 5.41) is 43.2. The molecule has 4 N–H and O–H groups in total. The Morgan fingerprint density at radius 3 is 0.983 bits per heavy atom. The third-order valence-electron chi connectivity index (χ3n) is 18.3. The molecule has 0 saturated carbocycles. The molecular weight excluding hydrogens is 1590 g/mol. The van der Waals surface area contributed by atoms with Gasteiger partial charge in [0.15, 0.2) is 34.0 Å². The fourth-order valence-electron chi connectivity index (χ4n) is 12.8. The van der Waals surface area contributed by atoms with Gasteiger partial charge in [0.2, 0.25) is 0 Å². The highest BCUT2D eigenvalue weighted by molar-refractivity contribution is 6.87. The fourth-order valence-corrected chi connectivity index (χ4v) is 25.3. The molecule has 0 fully saturated rings. The standard InChI is InChI=1S/C26H38O6Si3.C19H16O4.C19H14O4.C16H12O4.C16H10O4/c1-33(2,3)31-35(7,32-34(4,5)6)18-10-17-29-22-15-13-20(14-16-22)25(27)23-19-21-11-8-9-12-24(21)30-26(23)28;2*1-2-11-22-15-9-7-13(8-10-15)18(20)16-12-14-5-3-4-6-17(14)23-19(16)21;2*17-12-7-5-10(6-8-12)15(18)13-9-11-3-1-2-4-14(11)20-16(13)19/h8-9,11-16,19,25,27H,10,17-18H2,1-7H3;3-10,12H,2,11H2,1H3;2-10,12H,1,11H2;1-9,15,17-18H;1-9,17H. The number of benzene rings is 10. The average Bonchev–Trinajstić information content (AvgIpc) is 0.817. The lowest BCUT2D eigenvalue weighted by atomic mass is 10.0. The van der Waals surface area contributed by atoms with E-state index in [9.17, 15) is 58.8 Å². The van der Waals surface area contributed by atoms with E-state index >= 15 is 0 Å². The molecule has 15 rings (SSSR count). The summed E-state index contributed by atoms with van der Waals surface area (Å²) < 4.78 is 56.0. The number of fused-ring (bicyclic) bond motifs is 5. The van der Waals surface area contributed by atoms with Crippen molar-refractivity contribution in [2.24, 2.45) is 0 Å².